The minimum absolute atomic E-state index is 0.120. The second-order valence-corrected chi connectivity index (χ2v) is 5.40. The molecule has 0 unspecified atom stereocenters. The normalized spacial score (nSPS) is 14.0. The van der Waals surface area contributed by atoms with Gasteiger partial charge >= 0.3 is 0 Å². The number of amides is 1. The number of carbonyl (C=O) groups excluding carboxylic acids is 2. The Balaban J connectivity index is 2.17. The van der Waals surface area contributed by atoms with Crippen molar-refractivity contribution in [3.63, 3.8) is 0 Å². The fourth-order valence-electron chi connectivity index (χ4n) is 1.59. The lowest BCUT2D eigenvalue weighted by Crippen LogP contribution is -2.14. The Labute approximate surface area is 109 Å². The van der Waals surface area contributed by atoms with Crippen molar-refractivity contribution in [2.45, 2.75) is 4.90 Å². The van der Waals surface area contributed by atoms with Gasteiger partial charge in [-0.25, -0.2) is 4.39 Å². The summed E-state index contributed by atoms with van der Waals surface area (Å²) in [4.78, 5) is 25.0. The number of carbonyl (C=O) groups is 2. The molecule has 1 aliphatic rings. The summed E-state index contributed by atoms with van der Waals surface area (Å²) in [5.41, 5.74) is 0.521. The molecule has 1 N–H and O–H groups in total. The molecule has 0 saturated carbocycles. The van der Waals surface area contributed by atoms with Gasteiger partial charge in [-0.3, -0.25) is 9.59 Å². The molecule has 96 valence electrons. The van der Waals surface area contributed by atoms with Crippen LogP contribution in [0.3, 0.4) is 0 Å². The van der Waals surface area contributed by atoms with Crippen molar-refractivity contribution in [2.75, 3.05) is 31.7 Å². The van der Waals surface area contributed by atoms with Gasteiger partial charge in [0, 0.05) is 17.2 Å². The first-order chi connectivity index (χ1) is 8.49. The number of hydrogen-bond acceptors (Lipinski definition) is 4. The third-order valence-electron chi connectivity index (χ3n) is 2.57. The van der Waals surface area contributed by atoms with Gasteiger partial charge in [-0.2, -0.15) is 0 Å². The van der Waals surface area contributed by atoms with Crippen LogP contribution in [0, 0.1) is 5.82 Å². The van der Waals surface area contributed by atoms with Gasteiger partial charge in [-0.15, -0.1) is 11.8 Å². The monoisotopic (exact) mass is 268 g/mol. The van der Waals surface area contributed by atoms with Crippen LogP contribution in [-0.4, -0.2) is 43.0 Å². The Bertz CT molecular complexity index is 517. The molecule has 0 aliphatic carbocycles. The van der Waals surface area contributed by atoms with E-state index in [2.05, 4.69) is 5.32 Å². The van der Waals surface area contributed by atoms with Crippen molar-refractivity contribution in [3.8, 4) is 0 Å². The minimum atomic E-state index is -0.695. The molecule has 18 heavy (non-hydrogen) atoms. The summed E-state index contributed by atoms with van der Waals surface area (Å²) in [5.74, 6) is -1.08. The van der Waals surface area contributed by atoms with E-state index in [-0.39, 0.29) is 5.56 Å². The number of benzene rings is 1. The second kappa shape index (κ2) is 5.07. The number of halogens is 1. The van der Waals surface area contributed by atoms with E-state index in [0.717, 1.165) is 18.4 Å². The fourth-order valence-corrected chi connectivity index (χ4v) is 2.67. The zero-order chi connectivity index (χ0) is 13.3. The summed E-state index contributed by atoms with van der Waals surface area (Å²) in [6, 6.07) is 2.65. The maximum absolute atomic E-state index is 13.7. The lowest BCUT2D eigenvalue weighted by molar-refractivity contribution is -0.112. The largest absolute Gasteiger partial charge is 0.318 e. The summed E-state index contributed by atoms with van der Waals surface area (Å²) >= 11 is 1.36. The third-order valence-corrected chi connectivity index (χ3v) is 3.58. The van der Waals surface area contributed by atoms with Crippen LogP contribution in [0.5, 0.6) is 0 Å². The highest BCUT2D eigenvalue weighted by atomic mass is 32.2. The lowest BCUT2D eigenvalue weighted by atomic mass is 10.1. The van der Waals surface area contributed by atoms with Crippen LogP contribution in [0.1, 0.15) is 10.4 Å². The molecule has 0 bridgehead atoms. The summed E-state index contributed by atoms with van der Waals surface area (Å²) in [7, 11) is 3.89. The average Bonchev–Trinajstić information content (AvgIpc) is 2.55. The topological polar surface area (TPSA) is 49.4 Å². The van der Waals surface area contributed by atoms with Crippen LogP contribution in [-0.2, 0) is 4.79 Å². The van der Waals surface area contributed by atoms with Gasteiger partial charge in [0.2, 0.25) is 0 Å². The molecular weight excluding hydrogens is 255 g/mol. The molecule has 2 rings (SSSR count). The van der Waals surface area contributed by atoms with E-state index in [1.165, 1.54) is 17.8 Å². The smallest absolute Gasteiger partial charge is 0.296 e. The lowest BCUT2D eigenvalue weighted by Gasteiger charge is -2.09. The van der Waals surface area contributed by atoms with Gasteiger partial charge < -0.3 is 10.2 Å². The standard InChI is InChI=1S/C12H13FN2O2S/c1-15(2)3-4-18-10-6-9-7(5-8(10)13)11(16)12(17)14-9/h5-6H,3-4H2,1-2H3,(H,14,16,17). The first kappa shape index (κ1) is 13.0. The van der Waals surface area contributed by atoms with E-state index >= 15 is 0 Å². The molecule has 1 aromatic rings. The number of thioether (sulfide) groups is 1. The number of fused-ring (bicyclic) bond motifs is 1. The number of nitrogens with zero attached hydrogens (tertiary/aromatic N) is 1. The highest BCUT2D eigenvalue weighted by Gasteiger charge is 2.29. The quantitative estimate of drug-likeness (QED) is 0.666. The molecule has 6 heteroatoms. The van der Waals surface area contributed by atoms with Crippen molar-refractivity contribution in [1.29, 1.82) is 0 Å². The maximum atomic E-state index is 13.7. The fraction of sp³-hybridized carbons (Fsp3) is 0.333. The zero-order valence-corrected chi connectivity index (χ0v) is 10.9. The zero-order valence-electron chi connectivity index (χ0n) is 10.1. The number of rotatable bonds is 4. The van der Waals surface area contributed by atoms with Crippen molar-refractivity contribution in [2.24, 2.45) is 0 Å². The van der Waals surface area contributed by atoms with Gasteiger partial charge in [-0.05, 0) is 26.2 Å². The summed E-state index contributed by atoms with van der Waals surface area (Å²) < 4.78 is 13.7. The van der Waals surface area contributed by atoms with E-state index in [1.807, 2.05) is 19.0 Å². The molecule has 0 atom stereocenters. The van der Waals surface area contributed by atoms with Crippen LogP contribution >= 0.6 is 11.8 Å². The van der Waals surface area contributed by atoms with E-state index in [9.17, 15) is 14.0 Å². The Hall–Kier alpha value is -1.40. The van der Waals surface area contributed by atoms with Gasteiger partial charge in [0.15, 0.2) is 0 Å². The SMILES string of the molecule is CN(C)CCSc1cc2c(cc1F)C(=O)C(=O)N2. The van der Waals surface area contributed by atoms with Crippen molar-refractivity contribution >= 4 is 29.1 Å². The molecule has 1 amide bonds. The highest BCUT2D eigenvalue weighted by Crippen LogP contribution is 2.31. The van der Waals surface area contributed by atoms with Gasteiger partial charge in [-0.1, -0.05) is 0 Å². The Morgan fingerprint density at radius 2 is 2.06 bits per heavy atom. The summed E-state index contributed by atoms with van der Waals surface area (Å²) in [5, 5.41) is 2.44. The number of nitrogens with one attached hydrogen (secondary N) is 1. The average molecular weight is 268 g/mol. The number of ketones is 1. The van der Waals surface area contributed by atoms with E-state index in [0.29, 0.717) is 10.6 Å². The Morgan fingerprint density at radius 1 is 1.33 bits per heavy atom. The van der Waals surface area contributed by atoms with Gasteiger partial charge in [0.25, 0.3) is 11.7 Å². The van der Waals surface area contributed by atoms with Gasteiger partial charge in [0.1, 0.15) is 5.82 Å². The van der Waals surface area contributed by atoms with Crippen molar-refractivity contribution in [3.05, 3.63) is 23.5 Å². The Kier molecular flexibility index (Phi) is 3.68. The third kappa shape index (κ3) is 2.54. The second-order valence-electron chi connectivity index (χ2n) is 4.26. The minimum Gasteiger partial charge on any atom is -0.318 e. The molecule has 0 saturated heterocycles. The molecule has 1 heterocycles. The van der Waals surface area contributed by atoms with Crippen molar-refractivity contribution in [1.82, 2.24) is 4.90 Å². The maximum Gasteiger partial charge on any atom is 0.296 e. The summed E-state index contributed by atoms with van der Waals surface area (Å²) in [6.45, 7) is 0.826. The number of hydrogen-bond donors (Lipinski definition) is 1. The van der Waals surface area contributed by atoms with Crippen LogP contribution in [0.4, 0.5) is 10.1 Å². The first-order valence-corrected chi connectivity index (χ1v) is 6.44. The van der Waals surface area contributed by atoms with E-state index in [1.54, 1.807) is 0 Å². The highest BCUT2D eigenvalue weighted by molar-refractivity contribution is 7.99. The van der Waals surface area contributed by atoms with Crippen LogP contribution in [0.2, 0.25) is 0 Å². The van der Waals surface area contributed by atoms with Gasteiger partial charge in [0.05, 0.1) is 11.3 Å². The predicted octanol–water partition coefficient (Wildman–Crippen LogP) is 1.61. The molecule has 4 nitrogen and oxygen atoms in total. The number of anilines is 1. The molecule has 0 radical (unpaired) electrons. The van der Waals surface area contributed by atoms with Crippen LogP contribution < -0.4 is 5.32 Å². The van der Waals surface area contributed by atoms with Crippen LogP contribution in [0.25, 0.3) is 0 Å². The van der Waals surface area contributed by atoms with Crippen LogP contribution in [0.15, 0.2) is 17.0 Å². The molecular formula is C12H13FN2O2S. The van der Waals surface area contributed by atoms with E-state index in [4.69, 9.17) is 0 Å². The number of Topliss-reactive ketones (excluding diaryl/α,β-unsaturated/α-hetero) is 1. The predicted molar refractivity (Wildman–Crippen MR) is 68.6 cm³/mol. The molecule has 0 fully saturated rings. The van der Waals surface area contributed by atoms with E-state index < -0.39 is 17.5 Å². The van der Waals surface area contributed by atoms with Crippen molar-refractivity contribution < 1.29 is 14.0 Å². The Morgan fingerprint density at radius 3 is 2.72 bits per heavy atom. The molecule has 1 aliphatic heterocycles. The first-order valence-electron chi connectivity index (χ1n) is 5.46. The molecule has 1 aromatic carbocycles. The molecule has 0 aromatic heterocycles. The molecule has 0 spiro atoms. The summed E-state index contributed by atoms with van der Waals surface area (Å²) in [6.07, 6.45) is 0.